The average Bonchev–Trinajstić information content (AvgIpc) is 2.50. The average molecular weight is 336 g/mol. The predicted octanol–water partition coefficient (Wildman–Crippen LogP) is 2.63. The molecule has 1 aliphatic heterocycles. The third-order valence-electron chi connectivity index (χ3n) is 3.76. The molecular weight excluding hydrogens is 322 g/mol. The summed E-state index contributed by atoms with van der Waals surface area (Å²) in [4.78, 5) is 28.6. The van der Waals surface area contributed by atoms with Crippen molar-refractivity contribution in [2.24, 2.45) is 7.05 Å². The van der Waals surface area contributed by atoms with E-state index in [0.29, 0.717) is 21.6 Å². The first-order valence-electron chi connectivity index (χ1n) is 6.71. The molecule has 22 heavy (non-hydrogen) atoms. The van der Waals surface area contributed by atoms with Crippen molar-refractivity contribution < 1.29 is 4.79 Å². The molecule has 114 valence electrons. The molecule has 1 atom stereocenters. The van der Waals surface area contributed by atoms with Gasteiger partial charge in [-0.05, 0) is 24.0 Å². The lowest BCUT2D eigenvalue weighted by Gasteiger charge is -2.27. The lowest BCUT2D eigenvalue weighted by atomic mass is 9.87. The van der Waals surface area contributed by atoms with E-state index in [-0.39, 0.29) is 23.8 Å². The Balaban J connectivity index is 2.21. The van der Waals surface area contributed by atoms with Crippen LogP contribution in [0.4, 0.5) is 5.82 Å². The molecular formula is C15H14ClN3O2S. The summed E-state index contributed by atoms with van der Waals surface area (Å²) in [5.41, 5.74) is 1.12. The van der Waals surface area contributed by atoms with Gasteiger partial charge in [-0.3, -0.25) is 9.59 Å². The third kappa shape index (κ3) is 2.53. The van der Waals surface area contributed by atoms with Crippen LogP contribution in [0.3, 0.4) is 0 Å². The smallest absolute Gasteiger partial charge is 0.279 e. The van der Waals surface area contributed by atoms with Crippen molar-refractivity contribution in [3.63, 3.8) is 0 Å². The van der Waals surface area contributed by atoms with Crippen molar-refractivity contribution in [1.82, 2.24) is 9.55 Å². The molecule has 2 aromatic rings. The van der Waals surface area contributed by atoms with Gasteiger partial charge in [-0.1, -0.05) is 35.5 Å². The minimum absolute atomic E-state index is 0.110. The molecule has 1 unspecified atom stereocenters. The van der Waals surface area contributed by atoms with Gasteiger partial charge in [0.15, 0.2) is 5.16 Å². The normalized spacial score (nSPS) is 17.0. The number of benzene rings is 1. The SMILES string of the molecule is CSc1nc(=O)c2c(n1C)NC(=O)CC2c1ccc(Cl)cc1. The number of fused-ring (bicyclic) bond motifs is 1. The molecule has 0 saturated carbocycles. The lowest BCUT2D eigenvalue weighted by Crippen LogP contribution is -2.33. The molecule has 1 amide bonds. The standard InChI is InChI=1S/C15H14ClN3O2S/c1-19-13-12(14(21)18-15(19)22-2)10(7-11(20)17-13)8-3-5-9(16)6-4-8/h3-6,10H,7H2,1-2H3,(H,17,20). The van der Waals surface area contributed by atoms with E-state index in [2.05, 4.69) is 10.3 Å². The van der Waals surface area contributed by atoms with Gasteiger partial charge in [0.25, 0.3) is 5.56 Å². The van der Waals surface area contributed by atoms with Crippen LogP contribution in [0.2, 0.25) is 5.02 Å². The van der Waals surface area contributed by atoms with Crippen molar-refractivity contribution >= 4 is 35.1 Å². The quantitative estimate of drug-likeness (QED) is 0.677. The summed E-state index contributed by atoms with van der Waals surface area (Å²) in [6.45, 7) is 0. The summed E-state index contributed by atoms with van der Waals surface area (Å²) in [6.07, 6.45) is 2.07. The maximum absolute atomic E-state index is 12.4. The summed E-state index contributed by atoms with van der Waals surface area (Å²) in [5, 5.41) is 3.99. The van der Waals surface area contributed by atoms with E-state index in [4.69, 9.17) is 11.6 Å². The van der Waals surface area contributed by atoms with Gasteiger partial charge in [0.2, 0.25) is 5.91 Å². The minimum Gasteiger partial charge on any atom is -0.312 e. The van der Waals surface area contributed by atoms with E-state index < -0.39 is 0 Å². The van der Waals surface area contributed by atoms with Gasteiger partial charge < -0.3 is 9.88 Å². The molecule has 0 radical (unpaired) electrons. The number of hydrogen-bond acceptors (Lipinski definition) is 4. The van der Waals surface area contributed by atoms with Crippen LogP contribution in [0.5, 0.6) is 0 Å². The number of thioether (sulfide) groups is 1. The van der Waals surface area contributed by atoms with Crippen LogP contribution < -0.4 is 10.9 Å². The summed E-state index contributed by atoms with van der Waals surface area (Å²) in [7, 11) is 1.79. The van der Waals surface area contributed by atoms with Gasteiger partial charge in [-0.15, -0.1) is 0 Å². The fourth-order valence-electron chi connectivity index (χ4n) is 2.70. The summed E-state index contributed by atoms with van der Waals surface area (Å²) in [6, 6.07) is 7.21. The second kappa shape index (κ2) is 5.78. The van der Waals surface area contributed by atoms with Gasteiger partial charge in [-0.2, -0.15) is 4.98 Å². The number of carbonyl (C=O) groups excluding carboxylic acids is 1. The Morgan fingerprint density at radius 3 is 2.64 bits per heavy atom. The Morgan fingerprint density at radius 1 is 1.32 bits per heavy atom. The number of aromatic nitrogens is 2. The molecule has 3 rings (SSSR count). The number of nitrogens with zero attached hydrogens (tertiary/aromatic N) is 2. The zero-order valence-electron chi connectivity index (χ0n) is 12.1. The molecule has 0 aliphatic carbocycles. The maximum atomic E-state index is 12.4. The molecule has 2 heterocycles. The molecule has 1 N–H and O–H groups in total. The van der Waals surface area contributed by atoms with Crippen LogP contribution >= 0.6 is 23.4 Å². The van der Waals surface area contributed by atoms with Gasteiger partial charge in [0.1, 0.15) is 5.82 Å². The highest BCUT2D eigenvalue weighted by Crippen LogP contribution is 2.35. The van der Waals surface area contributed by atoms with Crippen molar-refractivity contribution in [3.8, 4) is 0 Å². The Bertz CT molecular complexity index is 802. The number of halogens is 1. The van der Waals surface area contributed by atoms with Crippen molar-refractivity contribution in [2.75, 3.05) is 11.6 Å². The Morgan fingerprint density at radius 2 is 2.00 bits per heavy atom. The van der Waals surface area contributed by atoms with Crippen LogP contribution in [-0.4, -0.2) is 21.7 Å². The molecule has 1 aliphatic rings. The summed E-state index contributed by atoms with van der Waals surface area (Å²) in [5.74, 6) is 0.115. The molecule has 0 saturated heterocycles. The van der Waals surface area contributed by atoms with E-state index in [1.165, 1.54) is 11.8 Å². The molecule has 1 aromatic heterocycles. The van der Waals surface area contributed by atoms with Crippen molar-refractivity contribution in [3.05, 3.63) is 50.8 Å². The van der Waals surface area contributed by atoms with E-state index >= 15 is 0 Å². The highest BCUT2D eigenvalue weighted by molar-refractivity contribution is 7.98. The fraction of sp³-hybridized carbons (Fsp3) is 0.267. The number of anilines is 1. The Hall–Kier alpha value is -1.79. The van der Waals surface area contributed by atoms with Crippen LogP contribution in [0.25, 0.3) is 0 Å². The van der Waals surface area contributed by atoms with Crippen LogP contribution in [0, 0.1) is 0 Å². The van der Waals surface area contributed by atoms with Crippen LogP contribution in [-0.2, 0) is 11.8 Å². The third-order valence-corrected chi connectivity index (χ3v) is 4.74. The van der Waals surface area contributed by atoms with Crippen molar-refractivity contribution in [2.45, 2.75) is 17.5 Å². The lowest BCUT2D eigenvalue weighted by molar-refractivity contribution is -0.116. The van der Waals surface area contributed by atoms with Gasteiger partial charge >= 0.3 is 0 Å². The number of rotatable bonds is 2. The highest BCUT2D eigenvalue weighted by atomic mass is 35.5. The Kier molecular flexibility index (Phi) is 3.97. The zero-order chi connectivity index (χ0) is 15.9. The highest BCUT2D eigenvalue weighted by Gasteiger charge is 2.31. The van der Waals surface area contributed by atoms with Gasteiger partial charge in [-0.25, -0.2) is 0 Å². The van der Waals surface area contributed by atoms with E-state index in [1.807, 2.05) is 18.4 Å². The minimum atomic E-state index is -0.303. The second-order valence-electron chi connectivity index (χ2n) is 5.08. The number of nitrogens with one attached hydrogen (secondary N) is 1. The largest absolute Gasteiger partial charge is 0.312 e. The molecule has 0 spiro atoms. The van der Waals surface area contributed by atoms with Gasteiger partial charge in [0, 0.05) is 24.4 Å². The van der Waals surface area contributed by atoms with E-state index in [1.54, 1.807) is 23.7 Å². The molecule has 0 fully saturated rings. The first-order valence-corrected chi connectivity index (χ1v) is 8.31. The number of carbonyl (C=O) groups is 1. The maximum Gasteiger partial charge on any atom is 0.279 e. The molecule has 5 nitrogen and oxygen atoms in total. The Labute approximate surface area is 136 Å². The summed E-state index contributed by atoms with van der Waals surface area (Å²) < 4.78 is 1.75. The zero-order valence-corrected chi connectivity index (χ0v) is 13.7. The first kappa shape index (κ1) is 15.1. The van der Waals surface area contributed by atoms with E-state index in [9.17, 15) is 9.59 Å². The van der Waals surface area contributed by atoms with E-state index in [0.717, 1.165) is 5.56 Å². The first-order chi connectivity index (χ1) is 10.5. The van der Waals surface area contributed by atoms with Crippen LogP contribution in [0.1, 0.15) is 23.5 Å². The van der Waals surface area contributed by atoms with Gasteiger partial charge in [0.05, 0.1) is 5.56 Å². The predicted molar refractivity (Wildman–Crippen MR) is 87.8 cm³/mol. The summed E-state index contributed by atoms with van der Waals surface area (Å²) >= 11 is 7.28. The topological polar surface area (TPSA) is 64.0 Å². The molecule has 1 aromatic carbocycles. The number of hydrogen-bond donors (Lipinski definition) is 1. The van der Waals surface area contributed by atoms with Crippen LogP contribution in [0.15, 0.2) is 34.2 Å². The molecule has 7 heteroatoms. The number of amides is 1. The fourth-order valence-corrected chi connectivity index (χ4v) is 3.36. The monoisotopic (exact) mass is 335 g/mol. The van der Waals surface area contributed by atoms with Crippen molar-refractivity contribution in [1.29, 1.82) is 0 Å². The second-order valence-corrected chi connectivity index (χ2v) is 6.29. The molecule has 0 bridgehead atoms.